The molecule has 2 aromatic rings. The summed E-state index contributed by atoms with van der Waals surface area (Å²) in [4.78, 5) is 21.8. The molecule has 0 saturated heterocycles. The van der Waals surface area contributed by atoms with Gasteiger partial charge in [-0.2, -0.15) is 21.8 Å². The van der Waals surface area contributed by atoms with E-state index < -0.39 is 36.8 Å². The van der Waals surface area contributed by atoms with Crippen LogP contribution >= 0.6 is 11.6 Å². The van der Waals surface area contributed by atoms with Gasteiger partial charge in [0.25, 0.3) is 16.0 Å². The number of carbonyl (C=O) groups excluding carboxylic acids is 1. The summed E-state index contributed by atoms with van der Waals surface area (Å²) in [5, 5.41) is 2.99. The monoisotopic (exact) mass is 634 g/mol. The van der Waals surface area contributed by atoms with E-state index in [2.05, 4.69) is 15.3 Å². The second-order valence-corrected chi connectivity index (χ2v) is 12.6. The lowest BCUT2D eigenvalue weighted by atomic mass is 10.1. The molecule has 1 aliphatic heterocycles. The smallest absolute Gasteiger partial charge is 0.332 e. The van der Waals surface area contributed by atoms with Crippen LogP contribution in [0, 0.1) is 6.92 Å². The molecule has 0 fully saturated rings. The molecule has 2 aromatic carbocycles. The number of aliphatic imine (C=N–C) groups is 2. The maximum Gasteiger partial charge on any atom is 0.332 e. The largest absolute Gasteiger partial charge is 0.492 e. The van der Waals surface area contributed by atoms with Gasteiger partial charge < -0.3 is 21.5 Å². The first-order valence-corrected chi connectivity index (χ1v) is 15.4. The fourth-order valence-electron chi connectivity index (χ4n) is 3.56. The van der Waals surface area contributed by atoms with Gasteiger partial charge in [-0.1, -0.05) is 17.7 Å². The number of rotatable bonds is 9. The van der Waals surface area contributed by atoms with Crippen LogP contribution in [0.15, 0.2) is 51.3 Å². The van der Waals surface area contributed by atoms with Crippen LogP contribution in [-0.4, -0.2) is 63.8 Å². The number of aryl methyl sites for hydroxylation is 1. The number of benzene rings is 2. The highest BCUT2D eigenvalue weighted by atomic mass is 35.5. The topological polar surface area (TPSA) is 207 Å². The van der Waals surface area contributed by atoms with Crippen LogP contribution in [-0.2, 0) is 20.3 Å². The van der Waals surface area contributed by atoms with Crippen LogP contribution in [0.25, 0.3) is 0 Å². The number of carbonyl (C=O) groups is 1. The van der Waals surface area contributed by atoms with Gasteiger partial charge in [-0.05, 0) is 70.0 Å². The molecule has 0 bridgehead atoms. The van der Waals surface area contributed by atoms with E-state index in [4.69, 9.17) is 32.4 Å². The lowest BCUT2D eigenvalue weighted by Gasteiger charge is -2.38. The first kappa shape index (κ1) is 33.7. The minimum atomic E-state index is -4.92. The Hall–Kier alpha value is -3.47. The molecule has 6 N–H and O–H groups in total. The predicted molar refractivity (Wildman–Crippen MR) is 155 cm³/mol. The predicted octanol–water partition coefficient (Wildman–Crippen LogP) is 2.59. The highest BCUT2D eigenvalue weighted by molar-refractivity contribution is 7.86. The van der Waals surface area contributed by atoms with E-state index in [9.17, 15) is 25.5 Å². The highest BCUT2D eigenvalue weighted by Gasteiger charge is 2.33. The summed E-state index contributed by atoms with van der Waals surface area (Å²) in [5.41, 5.74) is 11.9. The summed E-state index contributed by atoms with van der Waals surface area (Å²) >= 11 is 6.38. The third-order valence-electron chi connectivity index (χ3n) is 5.51. The number of nitrogens with two attached hydrogens (primary N) is 2. The summed E-state index contributed by atoms with van der Waals surface area (Å²) in [6.07, 6.45) is 0.441. The van der Waals surface area contributed by atoms with Crippen LogP contribution in [0.3, 0.4) is 0 Å². The number of halogens is 2. The van der Waals surface area contributed by atoms with Crippen molar-refractivity contribution in [2.45, 2.75) is 44.7 Å². The minimum absolute atomic E-state index is 0.0425. The van der Waals surface area contributed by atoms with Crippen LogP contribution in [0.5, 0.6) is 5.75 Å². The van der Waals surface area contributed by atoms with Gasteiger partial charge in [-0.3, -0.25) is 14.2 Å². The molecule has 17 heteroatoms. The van der Waals surface area contributed by atoms with E-state index in [0.717, 1.165) is 6.07 Å². The lowest BCUT2D eigenvalue weighted by Crippen LogP contribution is -2.54. The summed E-state index contributed by atoms with van der Waals surface area (Å²) in [6.45, 7) is 6.98. The molecule has 3 rings (SSSR count). The quantitative estimate of drug-likeness (QED) is 0.180. The van der Waals surface area contributed by atoms with Crippen molar-refractivity contribution in [3.05, 3.63) is 52.5 Å². The van der Waals surface area contributed by atoms with Crippen molar-refractivity contribution in [2.24, 2.45) is 21.5 Å². The SMILES string of the molecule is CCS(=O)(=O)O.Cc1ccc(C(=O)NCCCOc2ccc(N3C(N)=NC(N)=NC3(C)C)cc2Cl)cc1S(=O)(=O)F. The molecule has 226 valence electrons. The molecule has 0 aromatic heterocycles. The number of nitrogens with one attached hydrogen (secondary N) is 1. The van der Waals surface area contributed by atoms with Gasteiger partial charge in [0.05, 0.1) is 17.4 Å². The van der Waals surface area contributed by atoms with Gasteiger partial charge in [0.2, 0.25) is 11.9 Å². The van der Waals surface area contributed by atoms with Crippen LogP contribution in [0.4, 0.5) is 9.57 Å². The van der Waals surface area contributed by atoms with Crippen LogP contribution < -0.4 is 26.4 Å². The molecule has 0 atom stereocenters. The van der Waals surface area contributed by atoms with Gasteiger partial charge in [-0.25, -0.2) is 4.99 Å². The molecular formula is C24H32ClFN6O7S2. The molecule has 1 amide bonds. The number of nitrogens with zero attached hydrogens (tertiary/aromatic N) is 3. The third-order valence-corrected chi connectivity index (χ3v) is 7.50. The number of hydrogen-bond acceptors (Lipinski definition) is 11. The van der Waals surface area contributed by atoms with Crippen molar-refractivity contribution < 1.29 is 34.8 Å². The summed E-state index contributed by atoms with van der Waals surface area (Å²) < 4.78 is 68.4. The van der Waals surface area contributed by atoms with Crippen molar-refractivity contribution in [1.82, 2.24) is 5.32 Å². The van der Waals surface area contributed by atoms with E-state index >= 15 is 0 Å². The summed E-state index contributed by atoms with van der Waals surface area (Å²) in [6, 6.07) is 8.94. The van der Waals surface area contributed by atoms with Crippen LogP contribution in [0.2, 0.25) is 5.02 Å². The Bertz CT molecular complexity index is 1560. The molecule has 1 heterocycles. The van der Waals surface area contributed by atoms with Crippen molar-refractivity contribution in [3.63, 3.8) is 0 Å². The molecular weight excluding hydrogens is 603 g/mol. The Kier molecular flexibility index (Phi) is 11.1. The number of amides is 1. The molecule has 41 heavy (non-hydrogen) atoms. The molecule has 1 aliphatic rings. The average molecular weight is 635 g/mol. The zero-order chi connectivity index (χ0) is 31.2. The molecule has 0 aliphatic carbocycles. The Morgan fingerprint density at radius 2 is 1.80 bits per heavy atom. The maximum absolute atomic E-state index is 13.4. The molecule has 13 nitrogen and oxygen atoms in total. The van der Waals surface area contributed by atoms with E-state index in [0.29, 0.717) is 22.9 Å². The van der Waals surface area contributed by atoms with Gasteiger partial charge in [-0.15, -0.1) is 3.89 Å². The second-order valence-electron chi connectivity index (χ2n) is 9.13. The van der Waals surface area contributed by atoms with E-state index in [1.54, 1.807) is 23.1 Å². The van der Waals surface area contributed by atoms with Gasteiger partial charge in [0, 0.05) is 17.8 Å². The van der Waals surface area contributed by atoms with Gasteiger partial charge in [0.1, 0.15) is 16.3 Å². The Morgan fingerprint density at radius 1 is 1.17 bits per heavy atom. The van der Waals surface area contributed by atoms with Crippen molar-refractivity contribution in [3.8, 4) is 5.75 Å². The zero-order valence-corrected chi connectivity index (χ0v) is 25.1. The van der Waals surface area contributed by atoms with E-state index in [-0.39, 0.29) is 42.0 Å². The fourth-order valence-corrected chi connectivity index (χ4v) is 4.51. The van der Waals surface area contributed by atoms with Crippen molar-refractivity contribution in [2.75, 3.05) is 23.8 Å². The Morgan fingerprint density at radius 3 is 2.34 bits per heavy atom. The lowest BCUT2D eigenvalue weighted by molar-refractivity contribution is 0.0951. The maximum atomic E-state index is 13.4. The van der Waals surface area contributed by atoms with Gasteiger partial charge in [0.15, 0.2) is 0 Å². The van der Waals surface area contributed by atoms with Crippen molar-refractivity contribution in [1.29, 1.82) is 0 Å². The normalized spacial score (nSPS) is 14.8. The fraction of sp³-hybridized carbons (Fsp3) is 0.375. The van der Waals surface area contributed by atoms with E-state index in [1.165, 1.54) is 26.0 Å². The Labute approximate surface area is 243 Å². The number of guanidine groups is 2. The standard InChI is InChI=1S/C22H26ClFN6O4S.C2H6O3S/c1-13-5-6-14(11-18(13)35(24,32)33)19(31)27-9-4-10-34-17-8-7-15(12-16(17)23)30-21(26)28-20(25)29-22(30,2)3;1-2-6(3,4)5/h5-8,11-12H,4,9-10H2,1-3H3,(H,27,31)(H4,25,26,28,29);2H2,1H3,(H,3,4,5). The van der Waals surface area contributed by atoms with Crippen molar-refractivity contribution >= 4 is 55.5 Å². The zero-order valence-electron chi connectivity index (χ0n) is 22.8. The third kappa shape index (κ3) is 9.84. The minimum Gasteiger partial charge on any atom is -0.492 e. The van der Waals surface area contributed by atoms with E-state index in [1.807, 2.05) is 13.8 Å². The molecule has 0 unspecified atom stereocenters. The molecule has 0 saturated carbocycles. The summed E-state index contributed by atoms with van der Waals surface area (Å²) in [7, 11) is -8.58. The highest BCUT2D eigenvalue weighted by Crippen LogP contribution is 2.33. The second kappa shape index (κ2) is 13.5. The number of ether oxygens (including phenoxy) is 1. The number of hydrogen-bond donors (Lipinski definition) is 4. The van der Waals surface area contributed by atoms with Gasteiger partial charge >= 0.3 is 10.2 Å². The molecule has 0 radical (unpaired) electrons. The first-order chi connectivity index (χ1) is 18.9. The Balaban J connectivity index is 0.000000883. The molecule has 0 spiro atoms. The van der Waals surface area contributed by atoms with Crippen LogP contribution in [0.1, 0.15) is 43.1 Å². The number of anilines is 1. The summed E-state index contributed by atoms with van der Waals surface area (Å²) in [5.74, 6) is -0.00663. The first-order valence-electron chi connectivity index (χ1n) is 12.1. The average Bonchev–Trinajstić information content (AvgIpc) is 2.83.